The third kappa shape index (κ3) is 6.58. The molecule has 1 aromatic carbocycles. The van der Waals surface area contributed by atoms with Crippen LogP contribution >= 0.6 is 11.3 Å². The molecule has 0 aliphatic heterocycles. The van der Waals surface area contributed by atoms with Crippen LogP contribution in [0.5, 0.6) is 5.75 Å². The molecule has 1 amide bonds. The van der Waals surface area contributed by atoms with Gasteiger partial charge in [0.25, 0.3) is 15.9 Å². The Bertz CT molecular complexity index is 1030. The number of sulfonamides is 1. The highest BCUT2D eigenvalue weighted by Crippen LogP contribution is 2.26. The summed E-state index contributed by atoms with van der Waals surface area (Å²) in [6.45, 7) is 1.26. The maximum atomic E-state index is 12.6. The van der Waals surface area contributed by atoms with E-state index in [0.29, 0.717) is 37.6 Å². The molecule has 8 nitrogen and oxygen atoms in total. The molecular formula is C21H24N2O6S2. The van der Waals surface area contributed by atoms with E-state index in [1.165, 1.54) is 22.7 Å². The predicted molar refractivity (Wildman–Crippen MR) is 118 cm³/mol. The minimum Gasteiger partial charge on any atom is -0.484 e. The summed E-state index contributed by atoms with van der Waals surface area (Å²) in [6, 6.07) is 13.4. The largest absolute Gasteiger partial charge is 0.484 e. The van der Waals surface area contributed by atoms with E-state index < -0.39 is 10.0 Å². The fourth-order valence-corrected chi connectivity index (χ4v) is 4.96. The van der Waals surface area contributed by atoms with Gasteiger partial charge in [-0.3, -0.25) is 9.10 Å². The van der Waals surface area contributed by atoms with Crippen LogP contribution in [0.1, 0.15) is 12.2 Å². The molecule has 0 radical (unpaired) electrons. The van der Waals surface area contributed by atoms with Crippen molar-refractivity contribution in [1.82, 2.24) is 5.32 Å². The normalized spacial score (nSPS) is 11.3. The molecule has 3 aromatic rings. The van der Waals surface area contributed by atoms with E-state index in [0.717, 1.165) is 5.76 Å². The number of amides is 1. The zero-order valence-corrected chi connectivity index (χ0v) is 18.7. The summed E-state index contributed by atoms with van der Waals surface area (Å²) < 4.78 is 42.7. The van der Waals surface area contributed by atoms with Gasteiger partial charge in [-0.05, 0) is 54.3 Å². The molecule has 0 bridgehead atoms. The summed E-state index contributed by atoms with van der Waals surface area (Å²) in [5, 5.41) is 4.48. The van der Waals surface area contributed by atoms with Crippen LogP contribution in [-0.4, -0.2) is 41.1 Å². The van der Waals surface area contributed by atoms with Crippen LogP contribution in [-0.2, 0) is 26.2 Å². The number of hydrogen-bond donors (Lipinski definition) is 1. The van der Waals surface area contributed by atoms with E-state index in [2.05, 4.69) is 5.32 Å². The van der Waals surface area contributed by atoms with Crippen LogP contribution < -0.4 is 14.4 Å². The smallest absolute Gasteiger partial charge is 0.273 e. The number of thiophene rings is 1. The van der Waals surface area contributed by atoms with Gasteiger partial charge in [0.05, 0.1) is 12.0 Å². The van der Waals surface area contributed by atoms with E-state index in [1.54, 1.807) is 54.1 Å². The van der Waals surface area contributed by atoms with E-state index >= 15 is 0 Å². The van der Waals surface area contributed by atoms with Crippen molar-refractivity contribution >= 4 is 33.0 Å². The van der Waals surface area contributed by atoms with Crippen LogP contribution in [0, 0.1) is 0 Å². The van der Waals surface area contributed by atoms with E-state index in [4.69, 9.17) is 13.9 Å². The lowest BCUT2D eigenvalue weighted by molar-refractivity contribution is -0.123. The van der Waals surface area contributed by atoms with E-state index in [1.807, 2.05) is 6.07 Å². The highest BCUT2D eigenvalue weighted by atomic mass is 32.2. The summed E-state index contributed by atoms with van der Waals surface area (Å²) in [6.07, 6.45) is 2.27. The van der Waals surface area contributed by atoms with E-state index in [9.17, 15) is 13.2 Å². The fourth-order valence-electron chi connectivity index (χ4n) is 2.61. The molecule has 166 valence electrons. The van der Waals surface area contributed by atoms with Gasteiger partial charge in [-0.1, -0.05) is 6.07 Å². The third-order valence-electron chi connectivity index (χ3n) is 4.29. The lowest BCUT2D eigenvalue weighted by Crippen LogP contribution is -2.30. The summed E-state index contributed by atoms with van der Waals surface area (Å²) >= 11 is 1.17. The van der Waals surface area contributed by atoms with Crippen molar-refractivity contribution in [3.05, 3.63) is 65.9 Å². The molecule has 2 heterocycles. The molecule has 0 aliphatic carbocycles. The Labute approximate surface area is 185 Å². The number of benzene rings is 1. The average molecular weight is 465 g/mol. The molecular weight excluding hydrogens is 440 g/mol. The van der Waals surface area contributed by atoms with Crippen LogP contribution in [0.15, 0.2) is 68.8 Å². The van der Waals surface area contributed by atoms with E-state index in [-0.39, 0.29) is 16.7 Å². The van der Waals surface area contributed by atoms with Crippen molar-refractivity contribution in [2.24, 2.45) is 0 Å². The fraction of sp³-hybridized carbons (Fsp3) is 0.286. The van der Waals surface area contributed by atoms with Gasteiger partial charge in [-0.25, -0.2) is 8.42 Å². The summed E-state index contributed by atoms with van der Waals surface area (Å²) in [5.41, 5.74) is 0.500. The van der Waals surface area contributed by atoms with Crippen LogP contribution in [0.25, 0.3) is 0 Å². The van der Waals surface area contributed by atoms with Gasteiger partial charge in [-0.2, -0.15) is 0 Å². The minimum atomic E-state index is -3.59. The Kier molecular flexibility index (Phi) is 8.10. The molecule has 0 fully saturated rings. The van der Waals surface area contributed by atoms with Crippen molar-refractivity contribution in [3.8, 4) is 5.75 Å². The molecule has 0 saturated carbocycles. The minimum absolute atomic E-state index is 0.129. The number of rotatable bonds is 12. The Morgan fingerprint density at radius 1 is 1.16 bits per heavy atom. The monoisotopic (exact) mass is 464 g/mol. The van der Waals surface area contributed by atoms with Crippen LogP contribution in [0.2, 0.25) is 0 Å². The first-order valence-electron chi connectivity index (χ1n) is 9.59. The van der Waals surface area contributed by atoms with Gasteiger partial charge in [0.1, 0.15) is 22.3 Å². The van der Waals surface area contributed by atoms with Gasteiger partial charge < -0.3 is 19.2 Å². The Morgan fingerprint density at radius 3 is 2.65 bits per heavy atom. The number of nitrogens with zero attached hydrogens (tertiary/aromatic N) is 1. The predicted octanol–water partition coefficient (Wildman–Crippen LogP) is 3.27. The third-order valence-corrected chi connectivity index (χ3v) is 7.45. The highest BCUT2D eigenvalue weighted by Gasteiger charge is 2.22. The molecule has 0 saturated heterocycles. The molecule has 31 heavy (non-hydrogen) atoms. The zero-order valence-electron chi connectivity index (χ0n) is 17.0. The number of furan rings is 1. The average Bonchev–Trinajstić information content (AvgIpc) is 3.49. The first kappa shape index (κ1) is 22.9. The quantitative estimate of drug-likeness (QED) is 0.413. The highest BCUT2D eigenvalue weighted by molar-refractivity contribution is 7.94. The topological polar surface area (TPSA) is 98.1 Å². The molecule has 2 aromatic heterocycles. The number of carbonyl (C=O) groups excluding carboxylic acids is 1. The van der Waals surface area contributed by atoms with Crippen LogP contribution in [0.4, 0.5) is 5.69 Å². The van der Waals surface area contributed by atoms with Gasteiger partial charge in [0, 0.05) is 20.2 Å². The first-order valence-corrected chi connectivity index (χ1v) is 11.9. The standard InChI is InChI=1S/C21H24N2O6S2/c1-23(31(25,26)21-6-3-14-30-21)17-7-9-18(10-8-17)29-16-20(24)22-11-4-12-27-15-19-5-2-13-28-19/h2-3,5-10,13-14H,4,11-12,15-16H2,1H3,(H,22,24). The molecule has 0 aliphatic rings. The second-order valence-corrected chi connectivity index (χ2v) is 9.67. The molecule has 1 N–H and O–H groups in total. The number of anilines is 1. The molecule has 0 spiro atoms. The molecule has 3 rings (SSSR count). The number of hydrogen-bond acceptors (Lipinski definition) is 7. The molecule has 0 atom stereocenters. The second-order valence-electron chi connectivity index (χ2n) is 6.52. The maximum Gasteiger partial charge on any atom is 0.273 e. The van der Waals surface area contributed by atoms with Crippen molar-refractivity contribution in [2.45, 2.75) is 17.2 Å². The maximum absolute atomic E-state index is 12.6. The van der Waals surface area contributed by atoms with Gasteiger partial charge in [-0.15, -0.1) is 11.3 Å². The second kappa shape index (κ2) is 11.0. The van der Waals surface area contributed by atoms with Gasteiger partial charge in [0.15, 0.2) is 6.61 Å². The Morgan fingerprint density at radius 2 is 1.97 bits per heavy atom. The number of carbonyl (C=O) groups is 1. The number of nitrogens with one attached hydrogen (secondary N) is 1. The lowest BCUT2D eigenvalue weighted by Gasteiger charge is -2.18. The van der Waals surface area contributed by atoms with Crippen LogP contribution in [0.3, 0.4) is 0 Å². The van der Waals surface area contributed by atoms with Crippen molar-refractivity contribution < 1.29 is 27.1 Å². The summed E-state index contributed by atoms with van der Waals surface area (Å²) in [5.74, 6) is 0.994. The molecule has 0 unspecified atom stereocenters. The molecule has 10 heteroatoms. The summed E-state index contributed by atoms with van der Waals surface area (Å²) in [7, 11) is -2.09. The summed E-state index contributed by atoms with van der Waals surface area (Å²) in [4.78, 5) is 11.9. The van der Waals surface area contributed by atoms with Gasteiger partial charge in [0.2, 0.25) is 0 Å². The number of ether oxygens (including phenoxy) is 2. The van der Waals surface area contributed by atoms with Crippen molar-refractivity contribution in [2.75, 3.05) is 31.1 Å². The Balaban J connectivity index is 1.36. The van der Waals surface area contributed by atoms with Crippen molar-refractivity contribution in [3.63, 3.8) is 0 Å². The lowest BCUT2D eigenvalue weighted by atomic mass is 10.3. The SMILES string of the molecule is CN(c1ccc(OCC(=O)NCCCOCc2ccco2)cc1)S(=O)(=O)c1cccs1. The van der Waals surface area contributed by atoms with Crippen molar-refractivity contribution in [1.29, 1.82) is 0 Å². The Hall–Kier alpha value is -2.82. The van der Waals surface area contributed by atoms with Gasteiger partial charge >= 0.3 is 0 Å². The zero-order chi connectivity index (χ0) is 22.1. The first-order chi connectivity index (χ1) is 15.0.